The predicted molar refractivity (Wildman–Crippen MR) is 89.6 cm³/mol. The molecule has 1 aliphatic heterocycles. The Bertz CT molecular complexity index is 798. The zero-order chi connectivity index (χ0) is 17.1. The minimum absolute atomic E-state index is 0.260. The van der Waals surface area contributed by atoms with Gasteiger partial charge >= 0.3 is 6.03 Å². The number of amides is 4. The highest BCUT2D eigenvalue weighted by molar-refractivity contribution is 6.30. The summed E-state index contributed by atoms with van der Waals surface area (Å²) in [5.41, 5.74) is 1.23. The van der Waals surface area contributed by atoms with E-state index in [9.17, 15) is 14.4 Å². The molecule has 1 unspecified atom stereocenters. The van der Waals surface area contributed by atoms with Gasteiger partial charge in [-0.1, -0.05) is 42.0 Å². The molecule has 0 aromatic heterocycles. The van der Waals surface area contributed by atoms with Crippen LogP contribution < -0.4 is 5.32 Å². The lowest BCUT2D eigenvalue weighted by Crippen LogP contribution is -2.49. The summed E-state index contributed by atoms with van der Waals surface area (Å²) in [7, 11) is 0. The molecule has 6 nitrogen and oxygen atoms in total. The second kappa shape index (κ2) is 6.80. The van der Waals surface area contributed by atoms with Gasteiger partial charge in [0.15, 0.2) is 0 Å². The lowest BCUT2D eigenvalue weighted by Gasteiger charge is -2.27. The van der Waals surface area contributed by atoms with Crippen molar-refractivity contribution < 1.29 is 14.4 Å². The maximum Gasteiger partial charge on any atom is 0.351 e. The number of urea groups is 1. The highest BCUT2D eigenvalue weighted by Gasteiger charge is 2.36. The Morgan fingerprint density at radius 2 is 2.12 bits per heavy atom. The van der Waals surface area contributed by atoms with E-state index in [4.69, 9.17) is 11.6 Å². The molecular formula is C17H14ClN3O3. The van der Waals surface area contributed by atoms with Crippen LogP contribution in [0.2, 0.25) is 5.02 Å². The number of nitrogens with one attached hydrogen (secondary N) is 1. The number of halogens is 1. The van der Waals surface area contributed by atoms with Crippen LogP contribution in [-0.4, -0.2) is 35.0 Å². The smallest absolute Gasteiger partial charge is 0.350 e. The van der Waals surface area contributed by atoms with Crippen molar-refractivity contribution in [3.05, 3.63) is 59.2 Å². The SMILES string of the molecule is O=C(CN1C(=O)N=C2C=CC=CC2C1=O)NCc1cccc(Cl)c1. The van der Waals surface area contributed by atoms with Gasteiger partial charge in [0, 0.05) is 11.6 Å². The molecule has 24 heavy (non-hydrogen) atoms. The third-order valence-corrected chi connectivity index (χ3v) is 3.90. The van der Waals surface area contributed by atoms with Crippen molar-refractivity contribution in [1.82, 2.24) is 10.2 Å². The Morgan fingerprint density at radius 3 is 2.92 bits per heavy atom. The second-order valence-electron chi connectivity index (χ2n) is 5.37. The van der Waals surface area contributed by atoms with Gasteiger partial charge in [0.05, 0.1) is 11.6 Å². The van der Waals surface area contributed by atoms with E-state index in [0.717, 1.165) is 10.5 Å². The Morgan fingerprint density at radius 1 is 1.29 bits per heavy atom. The number of fused-ring (bicyclic) bond motifs is 1. The molecule has 3 rings (SSSR count). The fraction of sp³-hybridized carbons (Fsp3) is 0.176. The van der Waals surface area contributed by atoms with Crippen molar-refractivity contribution in [3.63, 3.8) is 0 Å². The summed E-state index contributed by atoms with van der Waals surface area (Å²) in [5, 5.41) is 3.23. The minimum atomic E-state index is -0.718. The Hall–Kier alpha value is -2.73. The zero-order valence-electron chi connectivity index (χ0n) is 12.6. The molecule has 1 atom stereocenters. The van der Waals surface area contributed by atoms with Crippen molar-refractivity contribution in [1.29, 1.82) is 0 Å². The molecule has 1 heterocycles. The zero-order valence-corrected chi connectivity index (χ0v) is 13.4. The van der Waals surface area contributed by atoms with Gasteiger partial charge in [-0.3, -0.25) is 14.5 Å². The van der Waals surface area contributed by atoms with Gasteiger partial charge < -0.3 is 5.32 Å². The van der Waals surface area contributed by atoms with Crippen LogP contribution in [0.25, 0.3) is 0 Å². The summed E-state index contributed by atoms with van der Waals surface area (Å²) in [5.74, 6) is -1.48. The van der Waals surface area contributed by atoms with Gasteiger partial charge in [-0.25, -0.2) is 4.79 Å². The summed E-state index contributed by atoms with van der Waals surface area (Å²) >= 11 is 5.88. The van der Waals surface area contributed by atoms with E-state index in [1.165, 1.54) is 0 Å². The van der Waals surface area contributed by atoms with E-state index in [1.54, 1.807) is 42.5 Å². The highest BCUT2D eigenvalue weighted by atomic mass is 35.5. The molecule has 0 saturated heterocycles. The molecule has 1 aromatic rings. The summed E-state index contributed by atoms with van der Waals surface area (Å²) in [6.45, 7) is -0.0979. The summed E-state index contributed by atoms with van der Waals surface area (Å²) in [6.07, 6.45) is 6.71. The number of hydrogen-bond donors (Lipinski definition) is 1. The highest BCUT2D eigenvalue weighted by Crippen LogP contribution is 2.19. The van der Waals surface area contributed by atoms with Gasteiger partial charge in [-0.15, -0.1) is 0 Å². The molecule has 0 radical (unpaired) electrons. The third-order valence-electron chi connectivity index (χ3n) is 3.67. The number of carbonyl (C=O) groups excluding carboxylic acids is 3. The standard InChI is InChI=1S/C17H14ClN3O3/c18-12-5-3-4-11(8-12)9-19-15(22)10-21-16(23)13-6-1-2-7-14(13)20-17(21)24/h1-8,13H,9-10H2,(H,19,22). The van der Waals surface area contributed by atoms with Gasteiger partial charge in [0.1, 0.15) is 6.54 Å². The van der Waals surface area contributed by atoms with Crippen LogP contribution in [0.5, 0.6) is 0 Å². The molecule has 4 amide bonds. The number of rotatable bonds is 4. The van der Waals surface area contributed by atoms with Crippen LogP contribution in [-0.2, 0) is 16.1 Å². The third kappa shape index (κ3) is 3.44. The van der Waals surface area contributed by atoms with E-state index in [2.05, 4.69) is 10.3 Å². The minimum Gasteiger partial charge on any atom is -0.350 e. The first kappa shape index (κ1) is 16.1. The molecule has 122 valence electrons. The average molecular weight is 344 g/mol. The van der Waals surface area contributed by atoms with Crippen LogP contribution in [0.4, 0.5) is 4.79 Å². The van der Waals surface area contributed by atoms with E-state index >= 15 is 0 Å². The summed E-state index contributed by atoms with van der Waals surface area (Å²) in [4.78, 5) is 41.1. The lowest BCUT2D eigenvalue weighted by atomic mass is 9.95. The molecule has 1 aliphatic carbocycles. The first-order valence-electron chi connectivity index (χ1n) is 7.34. The molecule has 0 bridgehead atoms. The first-order valence-corrected chi connectivity index (χ1v) is 7.72. The molecule has 0 saturated carbocycles. The number of benzene rings is 1. The molecule has 0 fully saturated rings. The molecule has 1 aromatic carbocycles. The summed E-state index contributed by atoms with van der Waals surface area (Å²) < 4.78 is 0. The fourth-order valence-corrected chi connectivity index (χ4v) is 2.69. The monoisotopic (exact) mass is 343 g/mol. The van der Waals surface area contributed by atoms with E-state index in [1.807, 2.05) is 6.07 Å². The van der Waals surface area contributed by atoms with Gasteiger partial charge in [0.2, 0.25) is 11.8 Å². The van der Waals surface area contributed by atoms with Crippen molar-refractivity contribution in [2.24, 2.45) is 10.9 Å². The Labute approximate surface area is 143 Å². The number of allylic oxidation sites excluding steroid dienone is 3. The summed E-state index contributed by atoms with van der Waals surface area (Å²) in [6, 6.07) is 6.35. The number of nitrogens with zero attached hydrogens (tertiary/aromatic N) is 2. The molecule has 2 aliphatic rings. The number of hydrogen-bond acceptors (Lipinski definition) is 3. The van der Waals surface area contributed by atoms with Crippen molar-refractivity contribution in [2.45, 2.75) is 6.54 Å². The van der Waals surface area contributed by atoms with Crippen molar-refractivity contribution >= 4 is 35.2 Å². The first-order chi connectivity index (χ1) is 11.5. The quantitative estimate of drug-likeness (QED) is 0.909. The fourth-order valence-electron chi connectivity index (χ4n) is 2.47. The van der Waals surface area contributed by atoms with E-state index in [0.29, 0.717) is 10.7 Å². The maximum atomic E-state index is 12.4. The van der Waals surface area contributed by atoms with Gasteiger partial charge in [-0.05, 0) is 23.8 Å². The maximum absolute atomic E-state index is 12.4. The average Bonchev–Trinajstić information content (AvgIpc) is 2.57. The van der Waals surface area contributed by atoms with Crippen LogP contribution in [0.1, 0.15) is 5.56 Å². The van der Waals surface area contributed by atoms with Crippen LogP contribution in [0.3, 0.4) is 0 Å². The second-order valence-corrected chi connectivity index (χ2v) is 5.81. The lowest BCUT2D eigenvalue weighted by molar-refractivity contribution is -0.134. The largest absolute Gasteiger partial charge is 0.351 e. The van der Waals surface area contributed by atoms with E-state index < -0.39 is 23.8 Å². The van der Waals surface area contributed by atoms with Crippen LogP contribution >= 0.6 is 11.6 Å². The van der Waals surface area contributed by atoms with Gasteiger partial charge in [-0.2, -0.15) is 4.99 Å². The topological polar surface area (TPSA) is 78.8 Å². The van der Waals surface area contributed by atoms with Crippen LogP contribution in [0.15, 0.2) is 53.6 Å². The number of imide groups is 1. The number of aliphatic imine (C=N–C) groups is 1. The predicted octanol–water partition coefficient (Wildman–Crippen LogP) is 2.10. The van der Waals surface area contributed by atoms with Crippen molar-refractivity contribution in [3.8, 4) is 0 Å². The molecule has 7 heteroatoms. The van der Waals surface area contributed by atoms with E-state index in [-0.39, 0.29) is 13.1 Å². The molecule has 1 N–H and O–H groups in total. The molecular weight excluding hydrogens is 330 g/mol. The Kier molecular flexibility index (Phi) is 4.57. The number of carbonyl (C=O) groups is 3. The van der Waals surface area contributed by atoms with Crippen LogP contribution in [0, 0.1) is 5.92 Å². The molecule has 0 spiro atoms. The normalized spacial score (nSPS) is 19.1. The Balaban J connectivity index is 1.63. The van der Waals surface area contributed by atoms with Gasteiger partial charge in [0.25, 0.3) is 0 Å². The van der Waals surface area contributed by atoms with Crippen molar-refractivity contribution in [2.75, 3.05) is 6.54 Å².